The summed E-state index contributed by atoms with van der Waals surface area (Å²) in [6, 6.07) is 7.27. The third-order valence-corrected chi connectivity index (χ3v) is 5.44. The fourth-order valence-corrected chi connectivity index (χ4v) is 4.31. The summed E-state index contributed by atoms with van der Waals surface area (Å²) in [5.41, 5.74) is 0.727. The van der Waals surface area contributed by atoms with Crippen LogP contribution in [0.25, 0.3) is 0 Å². The monoisotopic (exact) mass is 337 g/mol. The van der Waals surface area contributed by atoms with E-state index >= 15 is 0 Å². The third kappa shape index (κ3) is 2.09. The third-order valence-electron chi connectivity index (χ3n) is 4.94. The number of aliphatic hydroxyl groups is 1. The van der Waals surface area contributed by atoms with Crippen LogP contribution < -0.4 is 4.74 Å². The van der Waals surface area contributed by atoms with Crippen LogP contribution in [0.15, 0.2) is 22.7 Å². The van der Waals surface area contributed by atoms with Gasteiger partial charge in [-0.15, -0.1) is 0 Å². The van der Waals surface area contributed by atoms with Crippen LogP contribution in [-0.4, -0.2) is 34.2 Å². The van der Waals surface area contributed by atoms with E-state index in [4.69, 9.17) is 4.74 Å². The van der Waals surface area contributed by atoms with E-state index < -0.39 is 6.10 Å². The largest absolute Gasteiger partial charge is 0.485 e. The van der Waals surface area contributed by atoms with Gasteiger partial charge in [-0.05, 0) is 38.0 Å². The predicted molar refractivity (Wildman–Crippen MR) is 80.9 cm³/mol. The van der Waals surface area contributed by atoms with Crippen molar-refractivity contribution in [3.63, 3.8) is 0 Å². The van der Waals surface area contributed by atoms with E-state index in [0.29, 0.717) is 12.5 Å². The van der Waals surface area contributed by atoms with Crippen molar-refractivity contribution in [1.29, 1.82) is 0 Å². The lowest BCUT2D eigenvalue weighted by Gasteiger charge is -2.38. The number of hydrogen-bond acceptors (Lipinski definition) is 3. The maximum Gasteiger partial charge on any atom is 0.126 e. The summed E-state index contributed by atoms with van der Waals surface area (Å²) in [5, 5.41) is 10.5. The molecule has 3 nitrogen and oxygen atoms in total. The van der Waals surface area contributed by atoms with E-state index in [1.54, 1.807) is 0 Å². The highest BCUT2D eigenvalue weighted by Gasteiger charge is 2.51. The van der Waals surface area contributed by atoms with Crippen LogP contribution >= 0.6 is 15.9 Å². The second kappa shape index (κ2) is 4.46. The van der Waals surface area contributed by atoms with Crippen LogP contribution in [0.2, 0.25) is 0 Å². The van der Waals surface area contributed by atoms with Gasteiger partial charge < -0.3 is 9.84 Å². The van der Waals surface area contributed by atoms with Gasteiger partial charge in [-0.25, -0.2) is 0 Å². The Hall–Kier alpha value is -0.580. The van der Waals surface area contributed by atoms with E-state index in [2.05, 4.69) is 27.8 Å². The molecule has 1 aliphatic carbocycles. The van der Waals surface area contributed by atoms with Crippen molar-refractivity contribution in [2.75, 3.05) is 6.54 Å². The molecule has 4 rings (SSSR count). The molecule has 2 fully saturated rings. The van der Waals surface area contributed by atoms with Gasteiger partial charge in [-0.1, -0.05) is 15.9 Å². The molecule has 0 radical (unpaired) electrons. The second-order valence-corrected chi connectivity index (χ2v) is 7.56. The summed E-state index contributed by atoms with van der Waals surface area (Å²) in [6.07, 6.45) is 3.97. The van der Waals surface area contributed by atoms with Crippen molar-refractivity contribution in [1.82, 2.24) is 4.90 Å². The minimum Gasteiger partial charge on any atom is -0.485 e. The van der Waals surface area contributed by atoms with E-state index in [1.807, 2.05) is 18.2 Å². The number of aliphatic hydroxyl groups excluding tert-OH is 1. The average Bonchev–Trinajstić information content (AvgIpc) is 3.17. The Kier molecular flexibility index (Phi) is 2.92. The molecule has 2 aliphatic heterocycles. The van der Waals surface area contributed by atoms with Crippen LogP contribution in [0.1, 0.15) is 44.3 Å². The zero-order chi connectivity index (χ0) is 13.9. The van der Waals surface area contributed by atoms with Crippen LogP contribution in [0.4, 0.5) is 0 Å². The average molecular weight is 338 g/mol. The van der Waals surface area contributed by atoms with Crippen LogP contribution in [-0.2, 0) is 0 Å². The summed E-state index contributed by atoms with van der Waals surface area (Å²) in [5.74, 6) is 0.858. The first kappa shape index (κ1) is 13.1. The van der Waals surface area contributed by atoms with Crippen LogP contribution in [0.3, 0.4) is 0 Å². The molecule has 1 spiro atoms. The Morgan fingerprint density at radius 2 is 2.15 bits per heavy atom. The Bertz CT molecular complexity index is 545. The van der Waals surface area contributed by atoms with E-state index in [-0.39, 0.29) is 5.60 Å². The van der Waals surface area contributed by atoms with Crippen LogP contribution in [0, 0.1) is 0 Å². The topological polar surface area (TPSA) is 32.7 Å². The van der Waals surface area contributed by atoms with Gasteiger partial charge in [-0.3, -0.25) is 4.90 Å². The van der Waals surface area contributed by atoms with Crippen molar-refractivity contribution in [3.8, 4) is 5.75 Å². The lowest BCUT2D eigenvalue weighted by atomic mass is 9.87. The molecule has 1 aromatic rings. The summed E-state index contributed by atoms with van der Waals surface area (Å²) in [7, 11) is 0. The van der Waals surface area contributed by atoms with Gasteiger partial charge in [0.05, 0.1) is 6.10 Å². The molecule has 108 valence electrons. The SMILES string of the molecule is CC1CC2(C[C@H](O)c3cc(Br)ccc3O2)CN1C1CC1. The zero-order valence-electron chi connectivity index (χ0n) is 11.7. The summed E-state index contributed by atoms with van der Waals surface area (Å²) in [4.78, 5) is 2.58. The number of nitrogens with zero attached hydrogens (tertiary/aromatic N) is 1. The number of halogens is 1. The minimum atomic E-state index is -0.414. The predicted octanol–water partition coefficient (Wildman–Crippen LogP) is 3.26. The van der Waals surface area contributed by atoms with Crippen molar-refractivity contribution < 1.29 is 9.84 Å². The quantitative estimate of drug-likeness (QED) is 0.853. The van der Waals surface area contributed by atoms with Crippen molar-refractivity contribution in [3.05, 3.63) is 28.2 Å². The molecule has 1 saturated carbocycles. The Balaban J connectivity index is 1.64. The summed E-state index contributed by atoms with van der Waals surface area (Å²) < 4.78 is 7.36. The van der Waals surface area contributed by atoms with E-state index in [9.17, 15) is 5.11 Å². The van der Waals surface area contributed by atoms with Crippen LogP contribution in [0.5, 0.6) is 5.75 Å². The standard InChI is InChI=1S/C16H20BrNO2/c1-10-7-16(9-18(10)12-3-4-12)8-14(19)13-6-11(17)2-5-15(13)20-16/h2,5-6,10,12,14,19H,3-4,7-9H2,1H3/t10?,14-,16?/m0/s1. The molecule has 1 aromatic carbocycles. The van der Waals surface area contributed by atoms with Crippen molar-refractivity contribution >= 4 is 15.9 Å². The van der Waals surface area contributed by atoms with E-state index in [0.717, 1.165) is 34.8 Å². The highest BCUT2D eigenvalue weighted by atomic mass is 79.9. The molecule has 3 aliphatic rings. The van der Waals surface area contributed by atoms with E-state index in [1.165, 1.54) is 12.8 Å². The molecule has 4 heteroatoms. The Labute approximate surface area is 128 Å². The van der Waals surface area contributed by atoms with Gasteiger partial charge in [0.15, 0.2) is 0 Å². The summed E-state index contributed by atoms with van der Waals surface area (Å²) >= 11 is 3.46. The number of fused-ring (bicyclic) bond motifs is 1. The molecule has 0 amide bonds. The number of hydrogen-bond donors (Lipinski definition) is 1. The fourth-order valence-electron chi connectivity index (χ4n) is 3.94. The molecule has 1 saturated heterocycles. The lowest BCUT2D eigenvalue weighted by molar-refractivity contribution is -0.00778. The summed E-state index contributed by atoms with van der Waals surface area (Å²) in [6.45, 7) is 3.26. The fraction of sp³-hybridized carbons (Fsp3) is 0.625. The molecular weight excluding hydrogens is 318 g/mol. The first-order valence-electron chi connectivity index (χ1n) is 7.49. The number of benzene rings is 1. The van der Waals surface area contributed by atoms with Gasteiger partial charge in [0.1, 0.15) is 11.4 Å². The van der Waals surface area contributed by atoms with Crippen molar-refractivity contribution in [2.24, 2.45) is 0 Å². The maximum atomic E-state index is 10.5. The second-order valence-electron chi connectivity index (χ2n) is 6.64. The highest BCUT2D eigenvalue weighted by Crippen LogP contribution is 2.48. The van der Waals surface area contributed by atoms with Gasteiger partial charge in [0.25, 0.3) is 0 Å². The van der Waals surface area contributed by atoms with Gasteiger partial charge >= 0.3 is 0 Å². The zero-order valence-corrected chi connectivity index (χ0v) is 13.3. The molecule has 20 heavy (non-hydrogen) atoms. The normalized spacial score (nSPS) is 37.0. The molecule has 1 N–H and O–H groups in total. The van der Waals surface area contributed by atoms with Crippen molar-refractivity contribution in [2.45, 2.75) is 56.4 Å². The molecule has 2 unspecified atom stereocenters. The Morgan fingerprint density at radius 1 is 1.35 bits per heavy atom. The maximum absolute atomic E-state index is 10.5. The minimum absolute atomic E-state index is 0.192. The molecular formula is C16H20BrNO2. The number of likely N-dealkylation sites (tertiary alicyclic amines) is 1. The van der Waals surface area contributed by atoms with Gasteiger partial charge in [0, 0.05) is 41.5 Å². The lowest BCUT2D eigenvalue weighted by Crippen LogP contribution is -2.44. The highest BCUT2D eigenvalue weighted by molar-refractivity contribution is 9.10. The Morgan fingerprint density at radius 3 is 2.90 bits per heavy atom. The smallest absolute Gasteiger partial charge is 0.126 e. The number of ether oxygens (including phenoxy) is 1. The first-order chi connectivity index (χ1) is 9.56. The first-order valence-corrected chi connectivity index (χ1v) is 8.28. The molecule has 0 aromatic heterocycles. The number of rotatable bonds is 1. The molecule has 3 atom stereocenters. The van der Waals surface area contributed by atoms with Gasteiger partial charge in [0.2, 0.25) is 0 Å². The van der Waals surface area contributed by atoms with Gasteiger partial charge in [-0.2, -0.15) is 0 Å². The molecule has 2 heterocycles. The molecule has 0 bridgehead atoms.